The number of hydrogen-bond acceptors (Lipinski definition) is 2. The summed E-state index contributed by atoms with van der Waals surface area (Å²) < 4.78 is 2.08. The number of rotatable bonds is 2. The van der Waals surface area contributed by atoms with E-state index in [0.717, 1.165) is 38.8 Å². The van der Waals surface area contributed by atoms with Crippen LogP contribution < -0.4 is 5.32 Å². The second kappa shape index (κ2) is 5.25. The summed E-state index contributed by atoms with van der Waals surface area (Å²) >= 11 is 5.69. The lowest BCUT2D eigenvalue weighted by Gasteiger charge is -2.08. The summed E-state index contributed by atoms with van der Waals surface area (Å²) in [5.41, 5.74) is 3.66. The van der Waals surface area contributed by atoms with Crippen LogP contribution in [-0.4, -0.2) is 21.2 Å². The number of benzene rings is 2. The first-order valence-corrected chi connectivity index (χ1v) is 7.88. The van der Waals surface area contributed by atoms with Gasteiger partial charge in [-0.05, 0) is 19.1 Å². The smallest absolute Gasteiger partial charge is 0.239 e. The van der Waals surface area contributed by atoms with E-state index in [4.69, 9.17) is 16.6 Å². The number of carbonyl (C=O) groups excluding carboxylic acids is 1. The van der Waals surface area contributed by atoms with Crippen LogP contribution in [0, 0.1) is 6.92 Å². The average Bonchev–Trinajstić information content (AvgIpc) is 2.90. The fourth-order valence-corrected chi connectivity index (χ4v) is 3.19. The van der Waals surface area contributed by atoms with Crippen molar-refractivity contribution >= 4 is 50.5 Å². The molecule has 0 unspecified atom stereocenters. The molecular weight excluding hydrogens is 310 g/mol. The van der Waals surface area contributed by atoms with Gasteiger partial charge in [0.2, 0.25) is 5.91 Å². The standard InChI is InChI=1S/C18H14ClN3O/c1-11-20-14-8-4-2-6-12(14)18-17(21-16(23)10-19)13-7-3-5-9-15(13)22(11)18/h2-9H,10H2,1H3,(H,21,23). The second-order valence-electron chi connectivity index (χ2n) is 5.43. The van der Waals surface area contributed by atoms with Crippen molar-refractivity contribution in [1.29, 1.82) is 0 Å². The molecule has 1 amide bonds. The second-order valence-corrected chi connectivity index (χ2v) is 5.70. The van der Waals surface area contributed by atoms with E-state index >= 15 is 0 Å². The van der Waals surface area contributed by atoms with Crippen LogP contribution >= 0.6 is 11.6 Å². The zero-order valence-corrected chi connectivity index (χ0v) is 13.3. The lowest BCUT2D eigenvalue weighted by Crippen LogP contribution is -2.12. The summed E-state index contributed by atoms with van der Waals surface area (Å²) in [6.45, 7) is 1.97. The Morgan fingerprint density at radius 2 is 1.83 bits per heavy atom. The van der Waals surface area contributed by atoms with Gasteiger partial charge in [-0.15, -0.1) is 11.6 Å². The third-order valence-corrected chi connectivity index (χ3v) is 4.27. The van der Waals surface area contributed by atoms with Crippen LogP contribution in [0.25, 0.3) is 27.3 Å². The number of aryl methyl sites for hydroxylation is 1. The van der Waals surface area contributed by atoms with Gasteiger partial charge >= 0.3 is 0 Å². The predicted octanol–water partition coefficient (Wildman–Crippen LogP) is 4.13. The first-order chi connectivity index (χ1) is 11.2. The molecule has 2 aromatic carbocycles. The van der Waals surface area contributed by atoms with Gasteiger partial charge in [0.25, 0.3) is 0 Å². The summed E-state index contributed by atoms with van der Waals surface area (Å²) in [6.07, 6.45) is 0. The van der Waals surface area contributed by atoms with Gasteiger partial charge in [-0.3, -0.25) is 9.20 Å². The van der Waals surface area contributed by atoms with Crippen molar-refractivity contribution in [3.8, 4) is 0 Å². The van der Waals surface area contributed by atoms with Crippen molar-refractivity contribution in [3.63, 3.8) is 0 Å². The van der Waals surface area contributed by atoms with Gasteiger partial charge in [0.1, 0.15) is 11.7 Å². The Bertz CT molecular complexity index is 1070. The minimum Gasteiger partial charge on any atom is -0.323 e. The van der Waals surface area contributed by atoms with Crippen molar-refractivity contribution in [3.05, 3.63) is 54.4 Å². The number of nitrogens with zero attached hydrogens (tertiary/aromatic N) is 2. The van der Waals surface area contributed by atoms with Gasteiger partial charge in [0.15, 0.2) is 0 Å². The molecule has 4 rings (SSSR count). The van der Waals surface area contributed by atoms with Gasteiger partial charge < -0.3 is 5.32 Å². The molecule has 0 saturated carbocycles. The maximum atomic E-state index is 11.9. The summed E-state index contributed by atoms with van der Waals surface area (Å²) in [7, 11) is 0. The number of halogens is 1. The minimum absolute atomic E-state index is 0.0757. The molecule has 23 heavy (non-hydrogen) atoms. The van der Waals surface area contributed by atoms with Crippen molar-refractivity contribution in [1.82, 2.24) is 9.38 Å². The van der Waals surface area contributed by atoms with Crippen LogP contribution in [0.3, 0.4) is 0 Å². The van der Waals surface area contributed by atoms with E-state index in [9.17, 15) is 4.79 Å². The molecule has 0 spiro atoms. The molecule has 0 saturated heterocycles. The number of alkyl halides is 1. The Morgan fingerprint density at radius 3 is 2.61 bits per heavy atom. The average molecular weight is 324 g/mol. The van der Waals surface area contributed by atoms with Crippen LogP contribution in [0.5, 0.6) is 0 Å². The van der Waals surface area contributed by atoms with Gasteiger partial charge in [0.05, 0.1) is 22.2 Å². The number of anilines is 1. The van der Waals surface area contributed by atoms with Crippen LogP contribution in [0.2, 0.25) is 0 Å². The molecule has 1 N–H and O–H groups in total. The highest BCUT2D eigenvalue weighted by molar-refractivity contribution is 6.30. The van der Waals surface area contributed by atoms with E-state index in [0.29, 0.717) is 0 Å². The Hall–Kier alpha value is -2.59. The number of nitrogens with one attached hydrogen (secondary N) is 1. The Labute approximate surface area is 137 Å². The van der Waals surface area contributed by atoms with Gasteiger partial charge in [0, 0.05) is 10.8 Å². The summed E-state index contributed by atoms with van der Waals surface area (Å²) in [6, 6.07) is 15.9. The Morgan fingerprint density at radius 1 is 1.13 bits per heavy atom. The predicted molar refractivity (Wildman–Crippen MR) is 94.3 cm³/mol. The van der Waals surface area contributed by atoms with Crippen LogP contribution in [0.15, 0.2) is 48.5 Å². The lowest BCUT2D eigenvalue weighted by atomic mass is 10.1. The van der Waals surface area contributed by atoms with Gasteiger partial charge in [-0.1, -0.05) is 36.4 Å². The van der Waals surface area contributed by atoms with Crippen molar-refractivity contribution < 1.29 is 4.79 Å². The van der Waals surface area contributed by atoms with E-state index < -0.39 is 0 Å². The quantitative estimate of drug-likeness (QED) is 0.564. The lowest BCUT2D eigenvalue weighted by molar-refractivity contribution is -0.113. The topological polar surface area (TPSA) is 46.4 Å². The number of carbonyl (C=O) groups is 1. The highest BCUT2D eigenvalue weighted by Gasteiger charge is 2.17. The van der Waals surface area contributed by atoms with E-state index in [2.05, 4.69) is 9.72 Å². The van der Waals surface area contributed by atoms with Gasteiger partial charge in [-0.25, -0.2) is 4.98 Å². The van der Waals surface area contributed by atoms with E-state index in [1.807, 2.05) is 55.5 Å². The van der Waals surface area contributed by atoms with E-state index in [1.54, 1.807) is 0 Å². The summed E-state index contributed by atoms with van der Waals surface area (Å²) in [5.74, 6) is 0.581. The SMILES string of the molecule is Cc1nc2ccccc2c2c(NC(=O)CCl)c3ccccc3n12. The minimum atomic E-state index is -0.219. The summed E-state index contributed by atoms with van der Waals surface area (Å²) in [5, 5.41) is 4.94. The molecule has 2 heterocycles. The molecule has 0 aliphatic heterocycles. The maximum Gasteiger partial charge on any atom is 0.239 e. The molecule has 2 aromatic heterocycles. The van der Waals surface area contributed by atoms with Crippen LogP contribution in [-0.2, 0) is 4.79 Å². The monoisotopic (exact) mass is 323 g/mol. The number of fused-ring (bicyclic) bond motifs is 5. The van der Waals surface area contributed by atoms with Crippen molar-refractivity contribution in [2.75, 3.05) is 11.2 Å². The maximum absolute atomic E-state index is 11.9. The fraction of sp³-hybridized carbons (Fsp3) is 0.111. The highest BCUT2D eigenvalue weighted by atomic mass is 35.5. The molecule has 0 aliphatic rings. The third kappa shape index (κ3) is 2.06. The van der Waals surface area contributed by atoms with E-state index in [1.165, 1.54) is 0 Å². The number of hydrogen-bond donors (Lipinski definition) is 1. The molecular formula is C18H14ClN3O. The molecule has 4 nitrogen and oxygen atoms in total. The zero-order chi connectivity index (χ0) is 16.0. The Balaban J connectivity index is 2.24. The van der Waals surface area contributed by atoms with Crippen LogP contribution in [0.1, 0.15) is 5.82 Å². The third-order valence-electron chi connectivity index (χ3n) is 4.03. The first-order valence-electron chi connectivity index (χ1n) is 7.35. The normalized spacial score (nSPS) is 11.4. The Kier molecular flexibility index (Phi) is 3.20. The largest absolute Gasteiger partial charge is 0.323 e. The zero-order valence-electron chi connectivity index (χ0n) is 12.5. The van der Waals surface area contributed by atoms with E-state index in [-0.39, 0.29) is 11.8 Å². The molecule has 4 aromatic rings. The number of amides is 1. The molecule has 0 bridgehead atoms. The number of para-hydroxylation sites is 2. The molecule has 5 heteroatoms. The van der Waals surface area contributed by atoms with Crippen molar-refractivity contribution in [2.45, 2.75) is 6.92 Å². The highest BCUT2D eigenvalue weighted by Crippen LogP contribution is 2.36. The molecule has 114 valence electrons. The fourth-order valence-electron chi connectivity index (χ4n) is 3.13. The first kappa shape index (κ1) is 14.0. The van der Waals surface area contributed by atoms with Crippen molar-refractivity contribution in [2.24, 2.45) is 0 Å². The molecule has 0 radical (unpaired) electrons. The van der Waals surface area contributed by atoms with Gasteiger partial charge in [-0.2, -0.15) is 0 Å². The summed E-state index contributed by atoms with van der Waals surface area (Å²) in [4.78, 5) is 16.6. The van der Waals surface area contributed by atoms with Crippen LogP contribution in [0.4, 0.5) is 5.69 Å². The molecule has 0 fully saturated rings. The number of aromatic nitrogens is 2. The molecule has 0 aliphatic carbocycles. The molecule has 0 atom stereocenters.